The summed E-state index contributed by atoms with van der Waals surface area (Å²) in [4.78, 5) is 0. The van der Waals surface area contributed by atoms with Gasteiger partial charge in [-0.15, -0.1) is 0 Å². The SMILES string of the molecule is CCc1ccc(C(N)Cc2c(Cl)c(C)nn2C)o1. The Bertz CT molecular complexity index is 544. The van der Waals surface area contributed by atoms with E-state index in [1.807, 2.05) is 26.1 Å². The van der Waals surface area contributed by atoms with Crippen molar-refractivity contribution in [2.45, 2.75) is 32.7 Å². The second-order valence-corrected chi connectivity index (χ2v) is 4.82. The zero-order valence-corrected chi connectivity index (χ0v) is 11.7. The molecule has 0 aliphatic heterocycles. The lowest BCUT2D eigenvalue weighted by Crippen LogP contribution is -2.15. The van der Waals surface area contributed by atoms with Crippen molar-refractivity contribution in [1.29, 1.82) is 0 Å². The van der Waals surface area contributed by atoms with Gasteiger partial charge in [0, 0.05) is 19.9 Å². The van der Waals surface area contributed by atoms with E-state index in [0.29, 0.717) is 11.4 Å². The highest BCUT2D eigenvalue weighted by Gasteiger charge is 2.17. The number of halogens is 1. The second-order valence-electron chi connectivity index (χ2n) is 4.44. The maximum absolute atomic E-state index is 6.21. The molecule has 0 radical (unpaired) electrons. The molecule has 0 amide bonds. The molecule has 2 rings (SSSR count). The maximum Gasteiger partial charge on any atom is 0.121 e. The summed E-state index contributed by atoms with van der Waals surface area (Å²) in [7, 11) is 1.88. The molecule has 0 fully saturated rings. The van der Waals surface area contributed by atoms with Crippen molar-refractivity contribution < 1.29 is 4.42 Å². The van der Waals surface area contributed by atoms with Crippen molar-refractivity contribution in [3.63, 3.8) is 0 Å². The molecule has 0 saturated heterocycles. The normalized spacial score (nSPS) is 12.9. The fraction of sp³-hybridized carbons (Fsp3) is 0.462. The summed E-state index contributed by atoms with van der Waals surface area (Å²) in [5, 5.41) is 4.97. The third-order valence-corrected chi connectivity index (χ3v) is 3.56. The summed E-state index contributed by atoms with van der Waals surface area (Å²) in [5.74, 6) is 1.74. The molecule has 0 aliphatic carbocycles. The molecular formula is C13H18ClN3O. The number of hydrogen-bond acceptors (Lipinski definition) is 3. The lowest BCUT2D eigenvalue weighted by Gasteiger charge is -2.09. The number of hydrogen-bond donors (Lipinski definition) is 1. The fourth-order valence-corrected chi connectivity index (χ4v) is 2.23. The highest BCUT2D eigenvalue weighted by molar-refractivity contribution is 6.31. The van der Waals surface area contributed by atoms with Gasteiger partial charge in [-0.25, -0.2) is 0 Å². The number of aromatic nitrogens is 2. The third-order valence-electron chi connectivity index (χ3n) is 3.07. The maximum atomic E-state index is 6.21. The van der Waals surface area contributed by atoms with Crippen LogP contribution in [0, 0.1) is 6.92 Å². The van der Waals surface area contributed by atoms with E-state index in [1.54, 1.807) is 4.68 Å². The summed E-state index contributed by atoms with van der Waals surface area (Å²) in [5.41, 5.74) is 7.92. The van der Waals surface area contributed by atoms with E-state index in [-0.39, 0.29) is 6.04 Å². The molecule has 5 heteroatoms. The molecule has 18 heavy (non-hydrogen) atoms. The molecule has 0 aromatic carbocycles. The minimum atomic E-state index is -0.197. The molecule has 2 aromatic heterocycles. The first-order valence-electron chi connectivity index (χ1n) is 6.05. The minimum absolute atomic E-state index is 0.197. The summed E-state index contributed by atoms with van der Waals surface area (Å²) in [6.07, 6.45) is 1.49. The lowest BCUT2D eigenvalue weighted by atomic mass is 10.1. The number of nitrogens with two attached hydrogens (primary N) is 1. The molecule has 0 spiro atoms. The van der Waals surface area contributed by atoms with Gasteiger partial charge in [-0.3, -0.25) is 4.68 Å². The van der Waals surface area contributed by atoms with E-state index in [2.05, 4.69) is 12.0 Å². The van der Waals surface area contributed by atoms with Crippen LogP contribution in [0.15, 0.2) is 16.5 Å². The van der Waals surface area contributed by atoms with E-state index < -0.39 is 0 Å². The molecule has 2 aromatic rings. The quantitative estimate of drug-likeness (QED) is 0.927. The summed E-state index contributed by atoms with van der Waals surface area (Å²) >= 11 is 6.21. The van der Waals surface area contributed by atoms with Crippen LogP contribution >= 0.6 is 11.6 Å². The van der Waals surface area contributed by atoms with Crippen molar-refractivity contribution in [1.82, 2.24) is 9.78 Å². The van der Waals surface area contributed by atoms with Gasteiger partial charge in [0.15, 0.2) is 0 Å². The Kier molecular flexibility index (Phi) is 3.78. The molecule has 0 saturated carbocycles. The average molecular weight is 268 g/mol. The van der Waals surface area contributed by atoms with Gasteiger partial charge in [0.05, 0.1) is 22.5 Å². The molecule has 2 N–H and O–H groups in total. The zero-order chi connectivity index (χ0) is 13.3. The van der Waals surface area contributed by atoms with Crippen LogP contribution in [0.1, 0.15) is 35.9 Å². The Morgan fingerprint density at radius 1 is 1.50 bits per heavy atom. The standard InChI is InChI=1S/C13H18ClN3O/c1-4-9-5-6-12(18-9)10(15)7-11-13(14)8(2)16-17(11)3/h5-6,10H,4,7,15H2,1-3H3. The van der Waals surface area contributed by atoms with Crippen LogP contribution in [0.25, 0.3) is 0 Å². The van der Waals surface area contributed by atoms with Crippen LogP contribution in [-0.2, 0) is 19.9 Å². The van der Waals surface area contributed by atoms with Gasteiger partial charge in [0.2, 0.25) is 0 Å². The van der Waals surface area contributed by atoms with E-state index >= 15 is 0 Å². The van der Waals surface area contributed by atoms with E-state index in [9.17, 15) is 0 Å². The Hall–Kier alpha value is -1.26. The predicted molar refractivity (Wildman–Crippen MR) is 71.7 cm³/mol. The van der Waals surface area contributed by atoms with Crippen molar-refractivity contribution in [3.8, 4) is 0 Å². The molecular weight excluding hydrogens is 250 g/mol. The van der Waals surface area contributed by atoms with Crippen molar-refractivity contribution in [2.24, 2.45) is 12.8 Å². The van der Waals surface area contributed by atoms with Crippen LogP contribution in [-0.4, -0.2) is 9.78 Å². The van der Waals surface area contributed by atoms with Crippen molar-refractivity contribution in [3.05, 3.63) is 40.1 Å². The van der Waals surface area contributed by atoms with E-state index in [4.69, 9.17) is 21.8 Å². The molecule has 2 heterocycles. The summed E-state index contributed by atoms with van der Waals surface area (Å²) < 4.78 is 7.43. The molecule has 0 aliphatic rings. The molecule has 0 bridgehead atoms. The van der Waals surface area contributed by atoms with Gasteiger partial charge >= 0.3 is 0 Å². The monoisotopic (exact) mass is 267 g/mol. The van der Waals surface area contributed by atoms with E-state index in [1.165, 1.54) is 0 Å². The first-order valence-corrected chi connectivity index (χ1v) is 6.42. The lowest BCUT2D eigenvalue weighted by molar-refractivity contribution is 0.431. The third kappa shape index (κ3) is 2.44. The van der Waals surface area contributed by atoms with Gasteiger partial charge in [0.1, 0.15) is 11.5 Å². The smallest absolute Gasteiger partial charge is 0.121 e. The van der Waals surface area contributed by atoms with Crippen molar-refractivity contribution >= 4 is 11.6 Å². The van der Waals surface area contributed by atoms with Crippen LogP contribution in [0.4, 0.5) is 0 Å². The van der Waals surface area contributed by atoms with Crippen LogP contribution in [0.3, 0.4) is 0 Å². The number of rotatable bonds is 4. The van der Waals surface area contributed by atoms with Gasteiger partial charge in [-0.05, 0) is 19.1 Å². The first-order chi connectivity index (χ1) is 8.52. The zero-order valence-electron chi connectivity index (χ0n) is 10.9. The molecule has 98 valence electrons. The van der Waals surface area contributed by atoms with Gasteiger partial charge in [0.25, 0.3) is 0 Å². The first kappa shape index (κ1) is 13.2. The average Bonchev–Trinajstić information content (AvgIpc) is 2.90. The number of furan rings is 1. The summed E-state index contributed by atoms with van der Waals surface area (Å²) in [6.45, 7) is 3.94. The minimum Gasteiger partial charge on any atom is -0.464 e. The number of nitrogens with zero attached hydrogens (tertiary/aromatic N) is 2. The topological polar surface area (TPSA) is 57.0 Å². The van der Waals surface area contributed by atoms with Crippen molar-refractivity contribution in [2.75, 3.05) is 0 Å². The second kappa shape index (κ2) is 5.16. The predicted octanol–water partition coefficient (Wildman–Crippen LogP) is 2.78. The number of aryl methyl sites for hydroxylation is 3. The van der Waals surface area contributed by atoms with Gasteiger partial charge < -0.3 is 10.2 Å². The van der Waals surface area contributed by atoms with E-state index in [0.717, 1.165) is 29.3 Å². The Morgan fingerprint density at radius 3 is 2.72 bits per heavy atom. The largest absolute Gasteiger partial charge is 0.464 e. The van der Waals surface area contributed by atoms with Gasteiger partial charge in [-0.1, -0.05) is 18.5 Å². The van der Waals surface area contributed by atoms with Crippen LogP contribution in [0.2, 0.25) is 5.02 Å². The van der Waals surface area contributed by atoms with Crippen LogP contribution < -0.4 is 5.73 Å². The Morgan fingerprint density at radius 2 is 2.22 bits per heavy atom. The summed E-state index contributed by atoms with van der Waals surface area (Å²) in [6, 6.07) is 3.70. The highest BCUT2D eigenvalue weighted by atomic mass is 35.5. The Labute approximate surface area is 112 Å². The van der Waals surface area contributed by atoms with Gasteiger partial charge in [-0.2, -0.15) is 5.10 Å². The fourth-order valence-electron chi connectivity index (χ4n) is 1.99. The molecule has 1 atom stereocenters. The van der Waals surface area contributed by atoms with Crippen LogP contribution in [0.5, 0.6) is 0 Å². The highest BCUT2D eigenvalue weighted by Crippen LogP contribution is 2.25. The molecule has 4 nitrogen and oxygen atoms in total. The Balaban J connectivity index is 2.18. The molecule has 1 unspecified atom stereocenters.